The van der Waals surface area contributed by atoms with Gasteiger partial charge < -0.3 is 10.2 Å². The number of nitrogens with zero attached hydrogens (tertiary/aromatic N) is 2. The standard InChI is InChI=1S/C13H23N3/c1-16-9-3-2-4-12(16)10-15-11-13(5-6-13)7-8-14/h12,15H,2-7,9-11H2,1H3. The number of nitriles is 1. The van der Waals surface area contributed by atoms with Gasteiger partial charge in [0.1, 0.15) is 0 Å². The van der Waals surface area contributed by atoms with Crippen LogP contribution in [0.25, 0.3) is 0 Å². The van der Waals surface area contributed by atoms with Crippen molar-refractivity contribution >= 4 is 0 Å². The van der Waals surface area contributed by atoms with Crippen LogP contribution in [0.3, 0.4) is 0 Å². The first kappa shape index (κ1) is 11.9. The van der Waals surface area contributed by atoms with Gasteiger partial charge in [-0.3, -0.25) is 0 Å². The Balaban J connectivity index is 1.66. The van der Waals surface area contributed by atoms with Gasteiger partial charge in [0.25, 0.3) is 0 Å². The smallest absolute Gasteiger partial charge is 0.0628 e. The van der Waals surface area contributed by atoms with Gasteiger partial charge in [-0.25, -0.2) is 0 Å². The molecule has 0 amide bonds. The van der Waals surface area contributed by atoms with Crippen LogP contribution in [0.1, 0.15) is 38.5 Å². The van der Waals surface area contributed by atoms with Gasteiger partial charge in [-0.05, 0) is 44.7 Å². The summed E-state index contributed by atoms with van der Waals surface area (Å²) in [5, 5.41) is 12.3. The molecule has 90 valence electrons. The summed E-state index contributed by atoms with van der Waals surface area (Å²) in [7, 11) is 2.23. The van der Waals surface area contributed by atoms with Crippen LogP contribution < -0.4 is 5.32 Å². The Hall–Kier alpha value is -0.590. The van der Waals surface area contributed by atoms with Crippen molar-refractivity contribution in [1.82, 2.24) is 10.2 Å². The van der Waals surface area contributed by atoms with Crippen molar-refractivity contribution in [2.75, 3.05) is 26.7 Å². The Bertz CT molecular complexity index is 265. The number of likely N-dealkylation sites (N-methyl/N-ethyl adjacent to an activating group) is 1. The molecular weight excluding hydrogens is 198 g/mol. The molecule has 16 heavy (non-hydrogen) atoms. The lowest BCUT2D eigenvalue weighted by molar-refractivity contribution is 0.179. The maximum absolute atomic E-state index is 8.75. The minimum absolute atomic E-state index is 0.349. The van der Waals surface area contributed by atoms with Gasteiger partial charge in [-0.15, -0.1) is 0 Å². The fraction of sp³-hybridized carbons (Fsp3) is 0.923. The van der Waals surface area contributed by atoms with Crippen molar-refractivity contribution in [3.8, 4) is 6.07 Å². The fourth-order valence-electron chi connectivity index (χ4n) is 2.67. The van der Waals surface area contributed by atoms with E-state index < -0.39 is 0 Å². The Morgan fingerprint density at radius 3 is 2.88 bits per heavy atom. The molecular formula is C13H23N3. The quantitative estimate of drug-likeness (QED) is 0.769. The Kier molecular flexibility index (Phi) is 3.83. The van der Waals surface area contributed by atoms with Crippen LogP contribution in [0.4, 0.5) is 0 Å². The van der Waals surface area contributed by atoms with Crippen molar-refractivity contribution in [2.24, 2.45) is 5.41 Å². The summed E-state index contributed by atoms with van der Waals surface area (Å²) in [4.78, 5) is 2.47. The second-order valence-corrected chi connectivity index (χ2v) is 5.60. The highest BCUT2D eigenvalue weighted by Gasteiger charge is 2.41. The summed E-state index contributed by atoms with van der Waals surface area (Å²) >= 11 is 0. The zero-order valence-corrected chi connectivity index (χ0v) is 10.3. The van der Waals surface area contributed by atoms with Gasteiger partial charge in [0.15, 0.2) is 0 Å². The summed E-state index contributed by atoms with van der Waals surface area (Å²) in [5.41, 5.74) is 0.349. The normalized spacial score (nSPS) is 28.6. The van der Waals surface area contributed by atoms with Crippen molar-refractivity contribution in [2.45, 2.75) is 44.6 Å². The van der Waals surface area contributed by atoms with E-state index in [2.05, 4.69) is 23.3 Å². The molecule has 1 saturated heterocycles. The van der Waals surface area contributed by atoms with E-state index in [-0.39, 0.29) is 0 Å². The number of hydrogen-bond donors (Lipinski definition) is 1. The maximum Gasteiger partial charge on any atom is 0.0628 e. The van der Waals surface area contributed by atoms with E-state index in [1.54, 1.807) is 0 Å². The van der Waals surface area contributed by atoms with E-state index in [9.17, 15) is 0 Å². The molecule has 1 heterocycles. The first-order valence-corrected chi connectivity index (χ1v) is 6.54. The van der Waals surface area contributed by atoms with E-state index in [1.807, 2.05) is 0 Å². The molecule has 0 aromatic carbocycles. The summed E-state index contributed by atoms with van der Waals surface area (Å²) < 4.78 is 0. The number of piperidine rings is 1. The molecule has 0 bridgehead atoms. The van der Waals surface area contributed by atoms with E-state index in [1.165, 1.54) is 38.6 Å². The molecule has 2 rings (SSSR count). The predicted octanol–water partition coefficient (Wildman–Crippen LogP) is 1.75. The highest BCUT2D eigenvalue weighted by atomic mass is 15.2. The van der Waals surface area contributed by atoms with Crippen molar-refractivity contribution < 1.29 is 0 Å². The van der Waals surface area contributed by atoms with Crippen LogP contribution in [0, 0.1) is 16.7 Å². The largest absolute Gasteiger partial charge is 0.315 e. The zero-order chi connectivity index (χ0) is 11.4. The monoisotopic (exact) mass is 221 g/mol. The lowest BCUT2D eigenvalue weighted by atomic mass is 10.0. The topological polar surface area (TPSA) is 39.1 Å². The van der Waals surface area contributed by atoms with Gasteiger partial charge in [0.05, 0.1) is 6.07 Å². The van der Waals surface area contributed by atoms with Gasteiger partial charge in [-0.1, -0.05) is 6.42 Å². The summed E-state index contributed by atoms with van der Waals surface area (Å²) in [6.45, 7) is 3.39. The Morgan fingerprint density at radius 2 is 2.25 bits per heavy atom. The number of likely N-dealkylation sites (tertiary alicyclic amines) is 1. The maximum atomic E-state index is 8.75. The van der Waals surface area contributed by atoms with E-state index in [0.717, 1.165) is 19.5 Å². The van der Waals surface area contributed by atoms with Crippen LogP contribution >= 0.6 is 0 Å². The third-order valence-electron chi connectivity index (χ3n) is 4.21. The first-order chi connectivity index (χ1) is 7.76. The fourth-order valence-corrected chi connectivity index (χ4v) is 2.67. The van der Waals surface area contributed by atoms with Crippen molar-refractivity contribution in [3.05, 3.63) is 0 Å². The molecule has 1 aliphatic carbocycles. The molecule has 1 unspecified atom stereocenters. The third-order valence-corrected chi connectivity index (χ3v) is 4.21. The third kappa shape index (κ3) is 2.96. The van der Waals surface area contributed by atoms with Gasteiger partial charge in [-0.2, -0.15) is 5.26 Å². The Morgan fingerprint density at radius 1 is 1.44 bits per heavy atom. The highest BCUT2D eigenvalue weighted by Crippen LogP contribution is 2.47. The SMILES string of the molecule is CN1CCCCC1CNCC1(CC#N)CC1. The molecule has 1 atom stereocenters. The average molecular weight is 221 g/mol. The van der Waals surface area contributed by atoms with E-state index in [0.29, 0.717) is 11.5 Å². The lowest BCUT2D eigenvalue weighted by Crippen LogP contribution is -2.44. The van der Waals surface area contributed by atoms with Gasteiger partial charge >= 0.3 is 0 Å². The molecule has 0 aromatic heterocycles. The summed E-state index contributed by atoms with van der Waals surface area (Å²) in [6, 6.07) is 3.03. The molecule has 3 heteroatoms. The number of rotatable bonds is 5. The van der Waals surface area contributed by atoms with Crippen LogP contribution in [0.15, 0.2) is 0 Å². The molecule has 0 aromatic rings. The van der Waals surface area contributed by atoms with Gasteiger partial charge in [0, 0.05) is 25.6 Å². The molecule has 1 N–H and O–H groups in total. The highest BCUT2D eigenvalue weighted by molar-refractivity contribution is 5.00. The number of nitrogens with one attached hydrogen (secondary N) is 1. The van der Waals surface area contributed by atoms with Crippen molar-refractivity contribution in [3.63, 3.8) is 0 Å². The average Bonchev–Trinajstić information content (AvgIpc) is 3.02. The van der Waals surface area contributed by atoms with Crippen LogP contribution in [-0.2, 0) is 0 Å². The predicted molar refractivity (Wildman–Crippen MR) is 65.0 cm³/mol. The van der Waals surface area contributed by atoms with Crippen LogP contribution in [0.2, 0.25) is 0 Å². The van der Waals surface area contributed by atoms with Crippen LogP contribution in [-0.4, -0.2) is 37.6 Å². The molecule has 0 radical (unpaired) electrons. The molecule has 1 saturated carbocycles. The lowest BCUT2D eigenvalue weighted by Gasteiger charge is -2.33. The molecule has 2 fully saturated rings. The minimum atomic E-state index is 0.349. The van der Waals surface area contributed by atoms with Crippen LogP contribution in [0.5, 0.6) is 0 Å². The molecule has 2 aliphatic rings. The Labute approximate surface area is 98.8 Å². The van der Waals surface area contributed by atoms with E-state index in [4.69, 9.17) is 5.26 Å². The summed E-state index contributed by atoms with van der Waals surface area (Å²) in [5.74, 6) is 0. The van der Waals surface area contributed by atoms with Gasteiger partial charge in [0.2, 0.25) is 0 Å². The minimum Gasteiger partial charge on any atom is -0.315 e. The first-order valence-electron chi connectivity index (χ1n) is 6.54. The molecule has 0 spiro atoms. The second kappa shape index (κ2) is 5.16. The number of hydrogen-bond acceptors (Lipinski definition) is 3. The second-order valence-electron chi connectivity index (χ2n) is 5.60. The van der Waals surface area contributed by atoms with E-state index >= 15 is 0 Å². The summed E-state index contributed by atoms with van der Waals surface area (Å²) in [6.07, 6.45) is 7.28. The molecule has 3 nitrogen and oxygen atoms in total. The zero-order valence-electron chi connectivity index (χ0n) is 10.3. The molecule has 1 aliphatic heterocycles. The van der Waals surface area contributed by atoms with Crippen molar-refractivity contribution in [1.29, 1.82) is 5.26 Å².